The molecule has 0 saturated heterocycles. The van der Waals surface area contributed by atoms with Crippen molar-refractivity contribution in [3.8, 4) is 11.3 Å². The van der Waals surface area contributed by atoms with Gasteiger partial charge in [-0.05, 0) is 31.5 Å². The molecule has 5 nitrogen and oxygen atoms in total. The lowest BCUT2D eigenvalue weighted by atomic mass is 10.1. The maximum absolute atomic E-state index is 14.1. The molecule has 0 fully saturated rings. The summed E-state index contributed by atoms with van der Waals surface area (Å²) >= 11 is 0. The van der Waals surface area contributed by atoms with Crippen LogP contribution in [0.2, 0.25) is 0 Å². The van der Waals surface area contributed by atoms with Crippen molar-refractivity contribution in [1.29, 1.82) is 0 Å². The number of aryl methyl sites for hydroxylation is 2. The number of rotatable bonds is 2. The van der Waals surface area contributed by atoms with Crippen LogP contribution in [0.1, 0.15) is 21.8 Å². The first-order chi connectivity index (χ1) is 9.47. The average molecular weight is 274 g/mol. The maximum Gasteiger partial charge on any atom is 0.374 e. The molecule has 0 aliphatic carbocycles. The van der Waals surface area contributed by atoms with Crippen molar-refractivity contribution in [3.05, 3.63) is 41.0 Å². The summed E-state index contributed by atoms with van der Waals surface area (Å²) in [6, 6.07) is 4.35. The number of halogens is 1. The van der Waals surface area contributed by atoms with E-state index in [0.717, 1.165) is 16.6 Å². The van der Waals surface area contributed by atoms with Crippen molar-refractivity contribution in [2.24, 2.45) is 0 Å². The third-order valence-electron chi connectivity index (χ3n) is 3.39. The lowest BCUT2D eigenvalue weighted by Crippen LogP contribution is -1.91. The minimum atomic E-state index is -1.21. The van der Waals surface area contributed by atoms with Crippen molar-refractivity contribution in [1.82, 2.24) is 10.1 Å². The van der Waals surface area contributed by atoms with Crippen LogP contribution in [0.4, 0.5) is 4.39 Å². The summed E-state index contributed by atoms with van der Waals surface area (Å²) in [5.74, 6) is -1.89. The van der Waals surface area contributed by atoms with Crippen LogP contribution in [0.25, 0.3) is 22.2 Å². The normalized spacial score (nSPS) is 11.2. The van der Waals surface area contributed by atoms with Crippen LogP contribution in [0, 0.1) is 19.7 Å². The highest BCUT2D eigenvalue weighted by molar-refractivity contribution is 5.90. The number of hydrogen-bond donors (Lipinski definition) is 2. The van der Waals surface area contributed by atoms with Gasteiger partial charge in [-0.1, -0.05) is 5.16 Å². The van der Waals surface area contributed by atoms with Crippen LogP contribution in [0.5, 0.6) is 0 Å². The third kappa shape index (κ3) is 1.77. The minimum Gasteiger partial charge on any atom is -0.475 e. The van der Waals surface area contributed by atoms with Crippen LogP contribution in [0.3, 0.4) is 0 Å². The number of carbonyl (C=O) groups is 1. The van der Waals surface area contributed by atoms with Gasteiger partial charge < -0.3 is 14.6 Å². The van der Waals surface area contributed by atoms with E-state index in [0.29, 0.717) is 16.8 Å². The number of carboxylic acids is 1. The van der Waals surface area contributed by atoms with Crippen molar-refractivity contribution in [2.75, 3.05) is 0 Å². The molecule has 0 bridgehead atoms. The molecule has 0 atom stereocenters. The molecule has 0 aliphatic rings. The van der Waals surface area contributed by atoms with Gasteiger partial charge in [-0.15, -0.1) is 0 Å². The van der Waals surface area contributed by atoms with Crippen LogP contribution >= 0.6 is 0 Å². The average Bonchev–Trinajstić information content (AvgIpc) is 2.98. The van der Waals surface area contributed by atoms with Gasteiger partial charge in [-0.25, -0.2) is 9.18 Å². The number of carboxylic acid groups (broad SMARTS) is 1. The summed E-state index contributed by atoms with van der Waals surface area (Å²) in [6.45, 7) is 3.76. The number of nitrogens with zero attached hydrogens (tertiary/aromatic N) is 1. The van der Waals surface area contributed by atoms with E-state index in [9.17, 15) is 9.18 Å². The van der Waals surface area contributed by atoms with E-state index < -0.39 is 11.8 Å². The third-order valence-corrected chi connectivity index (χ3v) is 3.39. The first-order valence-corrected chi connectivity index (χ1v) is 5.96. The van der Waals surface area contributed by atoms with Gasteiger partial charge in [-0.3, -0.25) is 0 Å². The van der Waals surface area contributed by atoms with Gasteiger partial charge in [0.1, 0.15) is 11.5 Å². The molecule has 1 aromatic carbocycles. The van der Waals surface area contributed by atoms with Gasteiger partial charge in [0.15, 0.2) is 0 Å². The first-order valence-electron chi connectivity index (χ1n) is 5.96. The van der Waals surface area contributed by atoms with Crippen molar-refractivity contribution in [2.45, 2.75) is 13.8 Å². The Morgan fingerprint density at radius 2 is 2.10 bits per heavy atom. The molecular formula is C14H11FN2O3. The molecule has 2 aromatic heterocycles. The molecule has 0 spiro atoms. The molecule has 3 aromatic rings. The Labute approximate surface area is 113 Å². The Hall–Kier alpha value is -2.63. The number of benzene rings is 1. The summed E-state index contributed by atoms with van der Waals surface area (Å²) in [4.78, 5) is 13.8. The second-order valence-electron chi connectivity index (χ2n) is 4.64. The Morgan fingerprint density at radius 1 is 1.35 bits per heavy atom. The molecule has 0 aliphatic heterocycles. The predicted molar refractivity (Wildman–Crippen MR) is 70.2 cm³/mol. The Balaban J connectivity index is 2.20. The number of H-pyrrole nitrogens is 1. The fourth-order valence-corrected chi connectivity index (χ4v) is 2.17. The van der Waals surface area contributed by atoms with Gasteiger partial charge >= 0.3 is 5.97 Å². The molecule has 0 unspecified atom stereocenters. The van der Waals surface area contributed by atoms with E-state index in [-0.39, 0.29) is 5.76 Å². The zero-order valence-corrected chi connectivity index (χ0v) is 10.8. The summed E-state index contributed by atoms with van der Waals surface area (Å²) in [7, 11) is 0. The maximum atomic E-state index is 14.1. The zero-order valence-electron chi connectivity index (χ0n) is 10.8. The topological polar surface area (TPSA) is 79.1 Å². The van der Waals surface area contributed by atoms with E-state index in [1.165, 1.54) is 12.1 Å². The summed E-state index contributed by atoms with van der Waals surface area (Å²) in [5, 5.41) is 13.2. The van der Waals surface area contributed by atoms with Gasteiger partial charge in [-0.2, -0.15) is 0 Å². The monoisotopic (exact) mass is 274 g/mol. The smallest absolute Gasteiger partial charge is 0.374 e. The Bertz CT molecular complexity index is 832. The van der Waals surface area contributed by atoms with Crippen molar-refractivity contribution < 1.29 is 18.8 Å². The van der Waals surface area contributed by atoms with Crippen LogP contribution in [-0.2, 0) is 0 Å². The molecule has 6 heteroatoms. The molecule has 0 amide bonds. The zero-order chi connectivity index (χ0) is 14.4. The summed E-state index contributed by atoms with van der Waals surface area (Å²) in [6.07, 6.45) is 0. The van der Waals surface area contributed by atoms with Crippen molar-refractivity contribution >= 4 is 16.9 Å². The number of aromatic carboxylic acids is 1. The van der Waals surface area contributed by atoms with Gasteiger partial charge in [0.05, 0.1) is 5.52 Å². The fourth-order valence-electron chi connectivity index (χ4n) is 2.17. The molecular weight excluding hydrogens is 263 g/mol. The summed E-state index contributed by atoms with van der Waals surface area (Å²) < 4.78 is 18.8. The number of aromatic nitrogens is 2. The van der Waals surface area contributed by atoms with E-state index in [1.807, 2.05) is 13.8 Å². The van der Waals surface area contributed by atoms with E-state index in [2.05, 4.69) is 14.7 Å². The molecule has 102 valence electrons. The van der Waals surface area contributed by atoms with E-state index in [1.54, 1.807) is 6.07 Å². The highest BCUT2D eigenvalue weighted by atomic mass is 19.1. The van der Waals surface area contributed by atoms with E-state index in [4.69, 9.17) is 5.11 Å². The van der Waals surface area contributed by atoms with Crippen LogP contribution < -0.4 is 0 Å². The molecule has 0 saturated carbocycles. The van der Waals surface area contributed by atoms with Gasteiger partial charge in [0.2, 0.25) is 5.76 Å². The predicted octanol–water partition coefficient (Wildman–Crippen LogP) is 3.28. The largest absolute Gasteiger partial charge is 0.475 e. The van der Waals surface area contributed by atoms with E-state index >= 15 is 0 Å². The van der Waals surface area contributed by atoms with Gasteiger partial charge in [0.25, 0.3) is 0 Å². The molecule has 2 heterocycles. The molecule has 2 N–H and O–H groups in total. The molecule has 0 radical (unpaired) electrons. The number of fused-ring (bicyclic) bond motifs is 1. The standard InChI is InChI=1S/C14H11FN2O3/c1-6-7(2)16-13-9(6)3-8(4-10(13)15)11-5-12(14(18)19)20-17-11/h3-5,16H,1-2H3,(H,18,19). The first kappa shape index (κ1) is 12.4. The second-order valence-corrected chi connectivity index (χ2v) is 4.64. The molecule has 20 heavy (non-hydrogen) atoms. The fraction of sp³-hybridized carbons (Fsp3) is 0.143. The lowest BCUT2D eigenvalue weighted by Gasteiger charge is -1.99. The SMILES string of the molecule is Cc1[nH]c2c(F)cc(-c3cc(C(=O)O)on3)cc2c1C. The number of hydrogen-bond acceptors (Lipinski definition) is 3. The van der Waals surface area contributed by atoms with Crippen LogP contribution in [-0.4, -0.2) is 21.2 Å². The van der Waals surface area contributed by atoms with Crippen molar-refractivity contribution in [3.63, 3.8) is 0 Å². The Morgan fingerprint density at radius 3 is 2.75 bits per heavy atom. The second kappa shape index (κ2) is 4.19. The summed E-state index contributed by atoms with van der Waals surface area (Å²) in [5.41, 5.74) is 3.05. The quantitative estimate of drug-likeness (QED) is 0.751. The van der Waals surface area contributed by atoms with Gasteiger partial charge in [0, 0.05) is 22.7 Å². The lowest BCUT2D eigenvalue weighted by molar-refractivity contribution is 0.0652. The number of nitrogens with one attached hydrogen (secondary N) is 1. The van der Waals surface area contributed by atoms with Crippen LogP contribution in [0.15, 0.2) is 22.7 Å². The minimum absolute atomic E-state index is 0.275. The Kier molecular flexibility index (Phi) is 2.60. The molecule has 3 rings (SSSR count). The highest BCUT2D eigenvalue weighted by Gasteiger charge is 2.16. The number of aromatic amines is 1. The highest BCUT2D eigenvalue weighted by Crippen LogP contribution is 2.29.